The highest BCUT2D eigenvalue weighted by atomic mass is 16.5. The van der Waals surface area contributed by atoms with Gasteiger partial charge in [-0.15, -0.1) is 0 Å². The Morgan fingerprint density at radius 1 is 0.588 bits per heavy atom. The van der Waals surface area contributed by atoms with Gasteiger partial charge in [-0.1, -0.05) is 57.2 Å². The number of rotatable bonds is 13. The monoisotopic (exact) mass is 686 g/mol. The summed E-state index contributed by atoms with van der Waals surface area (Å²) in [5.74, 6) is -1.93. The van der Waals surface area contributed by atoms with Crippen LogP contribution < -0.4 is 20.1 Å². The average Bonchev–Trinajstić information content (AvgIpc) is 3.12. The minimum atomic E-state index is -1.25. The standard InChI is InChI=1S/C41H38N2O8/c1-5-25-8-7-9-28(22-25)43-38(45)34-21-19-32(24-36(34)40(48)49)51-30-16-12-27(13-17-30)41(3,4)26-10-14-29(15-11-26)50-31-18-20-33(37(44)42-6-2)35(23-31)39(46)47/h7-24H,5-6H2,1-4H3,(H,42,44)(H,43,45)(H,46,47)(H,48,49). The van der Waals surface area contributed by atoms with Crippen molar-refractivity contribution in [3.63, 3.8) is 0 Å². The van der Waals surface area contributed by atoms with E-state index in [1.165, 1.54) is 24.3 Å². The fourth-order valence-electron chi connectivity index (χ4n) is 5.56. The first-order chi connectivity index (χ1) is 24.4. The Kier molecular flexibility index (Phi) is 10.8. The number of aromatic carboxylic acids is 2. The molecule has 260 valence electrons. The van der Waals surface area contributed by atoms with Crippen LogP contribution in [0.2, 0.25) is 0 Å². The Bertz CT molecular complexity index is 2090. The van der Waals surface area contributed by atoms with E-state index in [4.69, 9.17) is 9.47 Å². The lowest BCUT2D eigenvalue weighted by molar-refractivity contribution is 0.0682. The minimum Gasteiger partial charge on any atom is -0.478 e. The molecule has 0 fully saturated rings. The van der Waals surface area contributed by atoms with Crippen molar-refractivity contribution >= 4 is 29.4 Å². The number of carbonyl (C=O) groups excluding carboxylic acids is 2. The second-order valence-corrected chi connectivity index (χ2v) is 12.3. The fourth-order valence-corrected chi connectivity index (χ4v) is 5.56. The second kappa shape index (κ2) is 15.4. The number of anilines is 1. The van der Waals surface area contributed by atoms with Crippen LogP contribution in [0.4, 0.5) is 5.69 Å². The van der Waals surface area contributed by atoms with E-state index < -0.39 is 29.2 Å². The smallest absolute Gasteiger partial charge is 0.336 e. The fraction of sp³-hybridized carbons (Fsp3) is 0.171. The van der Waals surface area contributed by atoms with E-state index in [1.54, 1.807) is 49.4 Å². The van der Waals surface area contributed by atoms with Crippen molar-refractivity contribution < 1.29 is 38.9 Å². The van der Waals surface area contributed by atoms with E-state index in [0.29, 0.717) is 23.7 Å². The third kappa shape index (κ3) is 8.42. The molecule has 0 aliphatic carbocycles. The Hall–Kier alpha value is -6.42. The molecule has 5 aromatic rings. The molecule has 10 nitrogen and oxygen atoms in total. The molecule has 5 aromatic carbocycles. The number of hydrogen-bond donors (Lipinski definition) is 4. The van der Waals surface area contributed by atoms with Crippen LogP contribution in [0.15, 0.2) is 109 Å². The van der Waals surface area contributed by atoms with Crippen molar-refractivity contribution in [3.8, 4) is 23.0 Å². The van der Waals surface area contributed by atoms with Crippen molar-refractivity contribution in [2.45, 2.75) is 39.5 Å². The molecule has 0 unspecified atom stereocenters. The molecule has 0 heterocycles. The lowest BCUT2D eigenvalue weighted by atomic mass is 9.78. The predicted molar refractivity (Wildman–Crippen MR) is 194 cm³/mol. The summed E-state index contributed by atoms with van der Waals surface area (Å²) in [6.45, 7) is 8.27. The highest BCUT2D eigenvalue weighted by Gasteiger charge is 2.24. The van der Waals surface area contributed by atoms with Crippen molar-refractivity contribution in [2.75, 3.05) is 11.9 Å². The van der Waals surface area contributed by atoms with Crippen LogP contribution in [-0.4, -0.2) is 40.5 Å². The highest BCUT2D eigenvalue weighted by Crippen LogP contribution is 2.35. The summed E-state index contributed by atoms with van der Waals surface area (Å²) in [6.07, 6.45) is 0.802. The van der Waals surface area contributed by atoms with Gasteiger partial charge in [0, 0.05) is 17.6 Å². The van der Waals surface area contributed by atoms with Gasteiger partial charge in [0.15, 0.2) is 0 Å². The number of carbonyl (C=O) groups is 4. The number of aryl methyl sites for hydroxylation is 1. The van der Waals surface area contributed by atoms with Crippen LogP contribution in [0.25, 0.3) is 0 Å². The van der Waals surface area contributed by atoms with E-state index in [-0.39, 0.29) is 33.8 Å². The highest BCUT2D eigenvalue weighted by molar-refractivity contribution is 6.11. The summed E-state index contributed by atoms with van der Waals surface area (Å²) in [7, 11) is 0. The van der Waals surface area contributed by atoms with Crippen molar-refractivity contribution in [1.82, 2.24) is 5.32 Å². The van der Waals surface area contributed by atoms with Crippen LogP contribution in [0.3, 0.4) is 0 Å². The Labute approximate surface area is 295 Å². The first-order valence-corrected chi connectivity index (χ1v) is 16.4. The number of amides is 2. The Balaban J connectivity index is 1.27. The third-order valence-electron chi connectivity index (χ3n) is 8.49. The topological polar surface area (TPSA) is 151 Å². The Morgan fingerprint density at radius 3 is 1.51 bits per heavy atom. The van der Waals surface area contributed by atoms with Gasteiger partial charge < -0.3 is 30.3 Å². The average molecular weight is 687 g/mol. The van der Waals surface area contributed by atoms with Crippen LogP contribution in [0, 0.1) is 0 Å². The van der Waals surface area contributed by atoms with Crippen LogP contribution in [-0.2, 0) is 11.8 Å². The van der Waals surface area contributed by atoms with Gasteiger partial charge in [0.05, 0.1) is 22.3 Å². The normalized spacial score (nSPS) is 11.0. The molecule has 4 N–H and O–H groups in total. The molecule has 0 aliphatic heterocycles. The van der Waals surface area contributed by atoms with Gasteiger partial charge in [-0.25, -0.2) is 9.59 Å². The molecule has 0 spiro atoms. The van der Waals surface area contributed by atoms with Crippen LogP contribution in [0.5, 0.6) is 23.0 Å². The maximum atomic E-state index is 13.0. The van der Waals surface area contributed by atoms with Crippen LogP contribution in [0.1, 0.15) is 85.8 Å². The SMILES string of the molecule is CCNC(=O)c1ccc(Oc2ccc(C(C)(C)c3ccc(Oc4ccc(C(=O)Nc5cccc(CC)c5)c(C(=O)O)c4)cc3)cc2)cc1C(=O)O. The molecule has 0 bridgehead atoms. The van der Waals surface area contributed by atoms with E-state index >= 15 is 0 Å². The van der Waals surface area contributed by atoms with Crippen molar-refractivity contribution in [2.24, 2.45) is 0 Å². The molecule has 2 amide bonds. The first-order valence-electron chi connectivity index (χ1n) is 16.4. The molecule has 0 radical (unpaired) electrons. The van der Waals surface area contributed by atoms with E-state index in [9.17, 15) is 29.4 Å². The quantitative estimate of drug-likeness (QED) is 0.0962. The number of carboxylic acid groups (broad SMARTS) is 2. The van der Waals surface area contributed by atoms with Crippen molar-refractivity contribution in [1.29, 1.82) is 0 Å². The summed E-state index contributed by atoms with van der Waals surface area (Å²) in [5, 5.41) is 24.9. The summed E-state index contributed by atoms with van der Waals surface area (Å²) < 4.78 is 11.9. The molecule has 10 heteroatoms. The number of benzene rings is 5. The van der Waals surface area contributed by atoms with Gasteiger partial charge in [0.2, 0.25) is 0 Å². The Morgan fingerprint density at radius 2 is 1.06 bits per heavy atom. The lowest BCUT2D eigenvalue weighted by Crippen LogP contribution is -2.24. The number of ether oxygens (including phenoxy) is 2. The number of carboxylic acids is 2. The zero-order valence-electron chi connectivity index (χ0n) is 28.7. The first kappa shape index (κ1) is 35.9. The molecule has 0 saturated carbocycles. The van der Waals surface area contributed by atoms with Gasteiger partial charge in [0.1, 0.15) is 23.0 Å². The summed E-state index contributed by atoms with van der Waals surface area (Å²) in [4.78, 5) is 49.2. The van der Waals surface area contributed by atoms with Crippen LogP contribution >= 0.6 is 0 Å². The molecule has 0 saturated heterocycles. The van der Waals surface area contributed by atoms with Crippen molar-refractivity contribution in [3.05, 3.63) is 148 Å². The molecule has 0 aliphatic rings. The van der Waals surface area contributed by atoms with E-state index in [2.05, 4.69) is 24.5 Å². The minimum absolute atomic E-state index is 0.0182. The lowest BCUT2D eigenvalue weighted by Gasteiger charge is -2.26. The maximum Gasteiger partial charge on any atom is 0.336 e. The molecule has 51 heavy (non-hydrogen) atoms. The largest absolute Gasteiger partial charge is 0.478 e. The van der Waals surface area contributed by atoms with Gasteiger partial charge in [0.25, 0.3) is 11.8 Å². The van der Waals surface area contributed by atoms with E-state index in [1.807, 2.05) is 49.4 Å². The third-order valence-corrected chi connectivity index (χ3v) is 8.49. The van der Waals surface area contributed by atoms with Gasteiger partial charge in [-0.2, -0.15) is 0 Å². The number of hydrogen-bond acceptors (Lipinski definition) is 6. The summed E-state index contributed by atoms with van der Waals surface area (Å²) in [6, 6.07) is 30.9. The second-order valence-electron chi connectivity index (χ2n) is 12.3. The molecular formula is C41H38N2O8. The zero-order chi connectivity index (χ0) is 36.7. The molecular weight excluding hydrogens is 648 g/mol. The van der Waals surface area contributed by atoms with Gasteiger partial charge >= 0.3 is 11.9 Å². The maximum absolute atomic E-state index is 13.0. The molecule has 5 rings (SSSR count). The van der Waals surface area contributed by atoms with Gasteiger partial charge in [-0.3, -0.25) is 9.59 Å². The van der Waals surface area contributed by atoms with Gasteiger partial charge in [-0.05, 0) is 103 Å². The predicted octanol–water partition coefficient (Wildman–Crippen LogP) is 8.56. The van der Waals surface area contributed by atoms with E-state index in [0.717, 1.165) is 23.1 Å². The summed E-state index contributed by atoms with van der Waals surface area (Å²) >= 11 is 0. The number of nitrogens with one attached hydrogen (secondary N) is 2. The zero-order valence-corrected chi connectivity index (χ0v) is 28.7. The molecule has 0 aromatic heterocycles. The summed E-state index contributed by atoms with van der Waals surface area (Å²) in [5.41, 5.74) is 2.92. The molecule has 0 atom stereocenters.